The van der Waals surface area contributed by atoms with Crippen molar-refractivity contribution in [3.05, 3.63) is 33.1 Å². The topological polar surface area (TPSA) is 172 Å². The fourth-order valence-corrected chi connectivity index (χ4v) is 3.82. The second-order valence-electron chi connectivity index (χ2n) is 8.33. The molecule has 2 fully saturated rings. The van der Waals surface area contributed by atoms with Crippen LogP contribution in [0.2, 0.25) is 0 Å². The molecule has 13 heteroatoms. The molecule has 5 atom stereocenters. The molecule has 184 valence electrons. The van der Waals surface area contributed by atoms with Crippen molar-refractivity contribution in [2.45, 2.75) is 76.1 Å². The largest absolute Gasteiger partial charge is 0.459 e. The molecule has 0 amide bonds. The van der Waals surface area contributed by atoms with Crippen LogP contribution in [0.1, 0.15) is 45.3 Å². The van der Waals surface area contributed by atoms with E-state index in [-0.39, 0.29) is 5.92 Å². The lowest BCUT2D eigenvalue weighted by Crippen LogP contribution is -2.44. The van der Waals surface area contributed by atoms with Gasteiger partial charge in [0.15, 0.2) is 19.6 Å². The van der Waals surface area contributed by atoms with Crippen molar-refractivity contribution in [3.8, 4) is 0 Å². The Kier molecular flexibility index (Phi) is 7.67. The number of aromatic nitrogens is 2. The lowest BCUT2D eigenvalue weighted by atomic mass is 9.89. The van der Waals surface area contributed by atoms with Crippen LogP contribution in [0.5, 0.6) is 0 Å². The van der Waals surface area contributed by atoms with Crippen LogP contribution in [0.25, 0.3) is 0 Å². The third-order valence-corrected chi connectivity index (χ3v) is 5.80. The van der Waals surface area contributed by atoms with Crippen LogP contribution >= 0.6 is 0 Å². The van der Waals surface area contributed by atoms with Gasteiger partial charge in [-0.25, -0.2) is 13.8 Å². The molecule has 0 bridgehead atoms. The summed E-state index contributed by atoms with van der Waals surface area (Å²) in [6.45, 7) is -0.415. The molecule has 1 aromatic heterocycles. The molecule has 12 nitrogen and oxygen atoms in total. The predicted molar refractivity (Wildman–Crippen MR) is 108 cm³/mol. The summed E-state index contributed by atoms with van der Waals surface area (Å²) < 4.78 is 31.4. The van der Waals surface area contributed by atoms with Crippen LogP contribution in [0.4, 0.5) is 4.39 Å². The number of hydrogen-bond acceptors (Lipinski definition) is 10. The molecule has 2 heterocycles. The van der Waals surface area contributed by atoms with Crippen molar-refractivity contribution in [2.75, 3.05) is 6.61 Å². The lowest BCUT2D eigenvalue weighted by molar-refractivity contribution is -0.218. The molecule has 33 heavy (non-hydrogen) atoms. The molecular formula is C20H28FN3O9. The number of esters is 2. The van der Waals surface area contributed by atoms with Crippen LogP contribution in [0.3, 0.4) is 0 Å². The van der Waals surface area contributed by atoms with E-state index in [2.05, 4.69) is 0 Å². The van der Waals surface area contributed by atoms with Crippen LogP contribution in [-0.2, 0) is 30.5 Å². The number of carbonyl (C=O) groups excluding carboxylic acids is 2. The minimum absolute atomic E-state index is 0.369. The number of aliphatic hydroxyl groups is 2. The normalized spacial score (nSPS) is 28.9. The molecule has 1 aromatic rings. The van der Waals surface area contributed by atoms with Gasteiger partial charge in [-0.2, -0.15) is 0 Å². The Balaban J connectivity index is 1.75. The highest BCUT2D eigenvalue weighted by Gasteiger charge is 2.57. The average Bonchev–Trinajstić information content (AvgIpc) is 3.02. The van der Waals surface area contributed by atoms with E-state index in [1.54, 1.807) is 0 Å². The molecule has 0 radical (unpaired) electrons. The summed E-state index contributed by atoms with van der Waals surface area (Å²) in [6.07, 6.45) is -0.917. The summed E-state index contributed by atoms with van der Waals surface area (Å²) in [4.78, 5) is 48.5. The fourth-order valence-electron chi connectivity index (χ4n) is 3.82. The van der Waals surface area contributed by atoms with Gasteiger partial charge in [0, 0.05) is 12.3 Å². The first kappa shape index (κ1) is 25.0. The van der Waals surface area contributed by atoms with Crippen molar-refractivity contribution in [2.24, 2.45) is 11.7 Å². The standard InChI is InChI=1S/C20H28FN3O9/c1-11(22)17(28)32-10-24-13(25)7-8-23(19(24)30)16-14(26)15(27)20(21,33-16)9-31-18(29)12-5-3-2-4-6-12/h7-8,11-12,14-16,26-27H,2-6,9-10,22H2,1H3/t11-,14+,15-,16+,20+/m0/s1. The quantitative estimate of drug-likeness (QED) is 0.413. The van der Waals surface area contributed by atoms with Crippen molar-refractivity contribution in [1.82, 2.24) is 9.13 Å². The Hall–Kier alpha value is -2.61. The number of ether oxygens (including phenoxy) is 3. The molecule has 2 aliphatic rings. The van der Waals surface area contributed by atoms with Crippen molar-refractivity contribution < 1.29 is 38.4 Å². The predicted octanol–water partition coefficient (Wildman–Crippen LogP) is -1.10. The molecule has 0 unspecified atom stereocenters. The van der Waals surface area contributed by atoms with Gasteiger partial charge in [-0.05, 0) is 19.8 Å². The van der Waals surface area contributed by atoms with Gasteiger partial charge in [0.25, 0.3) is 11.4 Å². The number of rotatable bonds is 7. The zero-order valence-corrected chi connectivity index (χ0v) is 18.1. The van der Waals surface area contributed by atoms with Gasteiger partial charge in [-0.1, -0.05) is 19.3 Å². The van der Waals surface area contributed by atoms with Gasteiger partial charge in [0.2, 0.25) is 0 Å². The first-order valence-electron chi connectivity index (χ1n) is 10.7. The Labute approximate surface area is 187 Å². The number of carbonyl (C=O) groups is 2. The minimum atomic E-state index is -2.99. The van der Waals surface area contributed by atoms with Gasteiger partial charge in [-0.15, -0.1) is 0 Å². The van der Waals surface area contributed by atoms with E-state index in [4.69, 9.17) is 19.9 Å². The smallest absolute Gasteiger partial charge is 0.335 e. The van der Waals surface area contributed by atoms with Gasteiger partial charge in [0.05, 0.1) is 5.92 Å². The summed E-state index contributed by atoms with van der Waals surface area (Å²) in [5.41, 5.74) is 3.43. The number of nitrogens with two attached hydrogens (primary N) is 1. The molecule has 3 rings (SSSR count). The SMILES string of the molecule is C[C@H](N)C(=O)OCn1c(=O)ccn([C@@H]2O[C@](F)(COC(=O)C3CCCCC3)[C@@H](O)[C@H]2O)c1=O. The lowest BCUT2D eigenvalue weighted by Gasteiger charge is -2.25. The van der Waals surface area contributed by atoms with E-state index in [0.717, 1.165) is 31.5 Å². The highest BCUT2D eigenvalue weighted by atomic mass is 19.2. The van der Waals surface area contributed by atoms with Crippen molar-refractivity contribution in [1.29, 1.82) is 0 Å². The first-order valence-corrected chi connectivity index (χ1v) is 10.7. The molecule has 1 saturated heterocycles. The van der Waals surface area contributed by atoms with Crippen molar-refractivity contribution in [3.63, 3.8) is 0 Å². The third-order valence-electron chi connectivity index (χ3n) is 5.80. The maximum Gasteiger partial charge on any atom is 0.335 e. The maximum atomic E-state index is 15.3. The number of hydrogen-bond donors (Lipinski definition) is 3. The van der Waals surface area contributed by atoms with E-state index < -0.39 is 66.9 Å². The van der Waals surface area contributed by atoms with E-state index in [0.29, 0.717) is 22.0 Å². The minimum Gasteiger partial charge on any atom is -0.459 e. The Morgan fingerprint density at radius 1 is 1.27 bits per heavy atom. The molecule has 0 spiro atoms. The van der Waals surface area contributed by atoms with Crippen LogP contribution in [0, 0.1) is 5.92 Å². The average molecular weight is 473 g/mol. The van der Waals surface area contributed by atoms with E-state index in [9.17, 15) is 29.4 Å². The second-order valence-corrected chi connectivity index (χ2v) is 8.33. The number of aliphatic hydroxyl groups excluding tert-OH is 2. The second kappa shape index (κ2) is 10.1. The molecule has 1 aliphatic carbocycles. The summed E-state index contributed by atoms with van der Waals surface area (Å²) in [6, 6.07) is -0.0875. The molecular weight excluding hydrogens is 445 g/mol. The molecule has 1 aliphatic heterocycles. The summed E-state index contributed by atoms with van der Waals surface area (Å²) in [5, 5.41) is 20.5. The monoisotopic (exact) mass is 473 g/mol. The first-order chi connectivity index (χ1) is 15.5. The molecule has 4 N–H and O–H groups in total. The Morgan fingerprint density at radius 3 is 2.58 bits per heavy atom. The van der Waals surface area contributed by atoms with Crippen LogP contribution in [0.15, 0.2) is 21.9 Å². The van der Waals surface area contributed by atoms with Crippen molar-refractivity contribution >= 4 is 11.9 Å². The van der Waals surface area contributed by atoms with E-state index in [1.165, 1.54) is 6.92 Å². The maximum absolute atomic E-state index is 15.3. The van der Waals surface area contributed by atoms with E-state index in [1.807, 2.05) is 0 Å². The Morgan fingerprint density at radius 2 is 1.94 bits per heavy atom. The van der Waals surface area contributed by atoms with Gasteiger partial charge >= 0.3 is 17.6 Å². The highest BCUT2D eigenvalue weighted by molar-refractivity contribution is 5.74. The van der Waals surface area contributed by atoms with Gasteiger partial charge < -0.3 is 30.2 Å². The molecule has 0 aromatic carbocycles. The molecule has 1 saturated carbocycles. The summed E-state index contributed by atoms with van der Waals surface area (Å²) >= 11 is 0. The van der Waals surface area contributed by atoms with Crippen LogP contribution < -0.4 is 17.0 Å². The zero-order chi connectivity index (χ0) is 24.3. The Bertz CT molecular complexity index is 988. The number of halogens is 1. The number of nitrogens with zero attached hydrogens (tertiary/aromatic N) is 2. The number of alkyl halides is 1. The van der Waals surface area contributed by atoms with Crippen LogP contribution in [-0.4, -0.2) is 62.0 Å². The van der Waals surface area contributed by atoms with Gasteiger partial charge in [-0.3, -0.25) is 19.0 Å². The summed E-state index contributed by atoms with van der Waals surface area (Å²) in [5.74, 6) is -4.85. The summed E-state index contributed by atoms with van der Waals surface area (Å²) in [7, 11) is 0. The zero-order valence-electron chi connectivity index (χ0n) is 18.1. The van der Waals surface area contributed by atoms with Gasteiger partial charge in [0.1, 0.15) is 18.2 Å². The van der Waals surface area contributed by atoms with E-state index >= 15 is 4.39 Å². The third kappa shape index (κ3) is 5.32. The fraction of sp³-hybridized carbons (Fsp3) is 0.700. The highest BCUT2D eigenvalue weighted by Crippen LogP contribution is 2.38.